The number of benzene rings is 2. The van der Waals surface area contributed by atoms with Gasteiger partial charge in [-0.15, -0.1) is 0 Å². The van der Waals surface area contributed by atoms with Crippen molar-refractivity contribution in [2.24, 2.45) is 17.6 Å². The van der Waals surface area contributed by atoms with Gasteiger partial charge in [0.1, 0.15) is 5.54 Å². The summed E-state index contributed by atoms with van der Waals surface area (Å²) >= 11 is 0. The van der Waals surface area contributed by atoms with E-state index >= 15 is 0 Å². The summed E-state index contributed by atoms with van der Waals surface area (Å²) in [6.07, 6.45) is 6.91. The van der Waals surface area contributed by atoms with Gasteiger partial charge in [-0.1, -0.05) is 74.5 Å². The molecule has 2 aromatic carbocycles. The van der Waals surface area contributed by atoms with Crippen molar-refractivity contribution in [3.63, 3.8) is 0 Å². The van der Waals surface area contributed by atoms with Gasteiger partial charge in [0.05, 0.1) is 0 Å². The highest BCUT2D eigenvalue weighted by Crippen LogP contribution is 2.29. The minimum atomic E-state index is -0.717. The molecular formula is C24H28N2O. The van der Waals surface area contributed by atoms with Gasteiger partial charge in [-0.2, -0.15) is 0 Å². The summed E-state index contributed by atoms with van der Waals surface area (Å²) in [6.45, 7) is 4.02. The van der Waals surface area contributed by atoms with Crippen LogP contribution in [0, 0.1) is 11.8 Å². The second kappa shape index (κ2) is 8.26. The van der Waals surface area contributed by atoms with Gasteiger partial charge in [0, 0.05) is 30.4 Å². The van der Waals surface area contributed by atoms with Crippen LogP contribution in [-0.2, 0) is 17.6 Å². The van der Waals surface area contributed by atoms with E-state index < -0.39 is 5.54 Å². The zero-order valence-electron chi connectivity index (χ0n) is 16.1. The Hall–Kier alpha value is -2.81. The minimum absolute atomic E-state index is 0.00651. The largest absolute Gasteiger partial charge is 0.402 e. The van der Waals surface area contributed by atoms with Gasteiger partial charge in [-0.05, 0) is 29.5 Å². The number of Topliss-reactive ketones (excluding diaryl/α,β-unsaturated/α-hetero) is 1. The van der Waals surface area contributed by atoms with Gasteiger partial charge >= 0.3 is 0 Å². The van der Waals surface area contributed by atoms with E-state index in [4.69, 9.17) is 5.73 Å². The molecule has 0 saturated heterocycles. The third kappa shape index (κ3) is 4.30. The first-order chi connectivity index (χ1) is 13.0. The number of ketones is 1. The van der Waals surface area contributed by atoms with Crippen molar-refractivity contribution in [1.29, 1.82) is 0 Å². The first-order valence-corrected chi connectivity index (χ1v) is 9.54. The van der Waals surface area contributed by atoms with Crippen LogP contribution in [0.3, 0.4) is 0 Å². The fraction of sp³-hybridized carbons (Fsp3) is 0.292. The molecule has 2 aromatic rings. The number of nitrogens with one attached hydrogen (secondary N) is 1. The average Bonchev–Trinajstić information content (AvgIpc) is 2.73. The number of rotatable bonds is 4. The van der Waals surface area contributed by atoms with Crippen LogP contribution in [0.5, 0.6) is 0 Å². The number of hydrogen-bond acceptors (Lipinski definition) is 3. The van der Waals surface area contributed by atoms with Gasteiger partial charge in [-0.3, -0.25) is 4.79 Å². The van der Waals surface area contributed by atoms with Crippen LogP contribution in [0.15, 0.2) is 84.7 Å². The topological polar surface area (TPSA) is 55.1 Å². The molecule has 27 heavy (non-hydrogen) atoms. The van der Waals surface area contributed by atoms with Gasteiger partial charge in [0.15, 0.2) is 5.78 Å². The van der Waals surface area contributed by atoms with E-state index in [1.165, 1.54) is 0 Å². The molecule has 1 heterocycles. The highest BCUT2D eigenvalue weighted by atomic mass is 16.1. The lowest BCUT2D eigenvalue weighted by Crippen LogP contribution is -2.56. The second-order valence-electron chi connectivity index (χ2n) is 7.52. The van der Waals surface area contributed by atoms with E-state index in [0.29, 0.717) is 12.8 Å². The highest BCUT2D eigenvalue weighted by molar-refractivity contribution is 5.91. The molecule has 3 N–H and O–H groups in total. The summed E-state index contributed by atoms with van der Waals surface area (Å²) in [5.74, 6) is 0.0136. The molecule has 0 aromatic heterocycles. The van der Waals surface area contributed by atoms with Crippen molar-refractivity contribution in [3.05, 3.63) is 95.8 Å². The lowest BCUT2D eigenvalue weighted by molar-refractivity contribution is -0.129. The molecule has 1 aliphatic heterocycles. The summed E-state index contributed by atoms with van der Waals surface area (Å²) in [5, 5.41) is 3.46. The van der Waals surface area contributed by atoms with E-state index in [9.17, 15) is 4.79 Å². The van der Waals surface area contributed by atoms with Gasteiger partial charge < -0.3 is 11.1 Å². The molecule has 0 aliphatic carbocycles. The molecule has 2 unspecified atom stereocenters. The first kappa shape index (κ1) is 19.0. The summed E-state index contributed by atoms with van der Waals surface area (Å²) in [4.78, 5) is 13.8. The molecule has 3 rings (SSSR count). The van der Waals surface area contributed by atoms with Crippen molar-refractivity contribution >= 4 is 5.78 Å². The Kier molecular flexibility index (Phi) is 5.80. The Morgan fingerprint density at radius 2 is 1.41 bits per heavy atom. The van der Waals surface area contributed by atoms with E-state index in [2.05, 4.69) is 29.6 Å². The Bertz CT molecular complexity index is 782. The maximum absolute atomic E-state index is 13.8. The second-order valence-corrected chi connectivity index (χ2v) is 7.52. The molecule has 0 radical (unpaired) electrons. The summed E-state index contributed by atoms with van der Waals surface area (Å²) in [6, 6.07) is 20.4. The molecule has 0 saturated carbocycles. The number of nitrogens with two attached hydrogens (primary N) is 1. The fourth-order valence-corrected chi connectivity index (χ4v) is 3.77. The molecule has 0 spiro atoms. The van der Waals surface area contributed by atoms with E-state index in [1.54, 1.807) is 0 Å². The SMILES string of the molecule is CC1C(=O)C(Cc2ccccc2)(Cc2ccccc2)N/C=C\C=C(\N)C1C. The third-order valence-electron chi connectivity index (χ3n) is 5.60. The molecule has 3 nitrogen and oxygen atoms in total. The summed E-state index contributed by atoms with van der Waals surface area (Å²) in [7, 11) is 0. The van der Waals surface area contributed by atoms with E-state index in [-0.39, 0.29) is 17.6 Å². The van der Waals surface area contributed by atoms with Crippen LogP contribution >= 0.6 is 0 Å². The Balaban J connectivity index is 2.04. The summed E-state index contributed by atoms with van der Waals surface area (Å²) < 4.78 is 0. The normalized spacial score (nSPS) is 25.3. The van der Waals surface area contributed by atoms with Gasteiger partial charge in [-0.25, -0.2) is 0 Å². The van der Waals surface area contributed by atoms with Crippen LogP contribution in [0.2, 0.25) is 0 Å². The van der Waals surface area contributed by atoms with Crippen molar-refractivity contribution in [2.75, 3.05) is 0 Å². The molecule has 3 heteroatoms. The minimum Gasteiger partial charge on any atom is -0.402 e. The zero-order chi connectivity index (χ0) is 19.3. The molecule has 0 fully saturated rings. The van der Waals surface area contributed by atoms with Crippen molar-refractivity contribution in [1.82, 2.24) is 5.32 Å². The predicted molar refractivity (Wildman–Crippen MR) is 111 cm³/mol. The maximum atomic E-state index is 13.8. The Morgan fingerprint density at radius 3 is 1.93 bits per heavy atom. The molecule has 140 valence electrons. The molecule has 1 aliphatic rings. The highest BCUT2D eigenvalue weighted by Gasteiger charge is 2.42. The number of carbonyl (C=O) groups is 1. The van der Waals surface area contributed by atoms with Crippen molar-refractivity contribution in [2.45, 2.75) is 32.2 Å². The number of carbonyl (C=O) groups excluding carboxylic acids is 1. The Morgan fingerprint density at radius 1 is 0.889 bits per heavy atom. The quantitative estimate of drug-likeness (QED) is 0.866. The number of allylic oxidation sites excluding steroid dienone is 3. The third-order valence-corrected chi connectivity index (χ3v) is 5.60. The smallest absolute Gasteiger partial charge is 0.162 e. The maximum Gasteiger partial charge on any atom is 0.162 e. The van der Waals surface area contributed by atoms with Crippen LogP contribution in [0.4, 0.5) is 0 Å². The standard InChI is InChI=1S/C24H28N2O/c1-18-19(2)23(27)24(26-15-9-14-22(18)25,16-20-10-5-3-6-11-20)17-21-12-7-4-8-13-21/h3-15,18-19,26H,16-17,25H2,1-2H3/b15-9-,22-14+. The van der Waals surface area contributed by atoms with Gasteiger partial charge in [0.25, 0.3) is 0 Å². The summed E-state index contributed by atoms with van der Waals surface area (Å²) in [5.41, 5.74) is 8.50. The van der Waals surface area contributed by atoms with Crippen molar-refractivity contribution in [3.8, 4) is 0 Å². The first-order valence-electron chi connectivity index (χ1n) is 9.54. The van der Waals surface area contributed by atoms with Crippen LogP contribution in [-0.4, -0.2) is 11.3 Å². The van der Waals surface area contributed by atoms with Crippen LogP contribution < -0.4 is 11.1 Å². The predicted octanol–water partition coefficient (Wildman–Crippen LogP) is 4.01. The molecule has 0 amide bonds. The van der Waals surface area contributed by atoms with Crippen LogP contribution in [0.25, 0.3) is 0 Å². The lowest BCUT2D eigenvalue weighted by Gasteiger charge is -2.37. The molecule has 2 atom stereocenters. The zero-order valence-corrected chi connectivity index (χ0v) is 16.1. The average molecular weight is 361 g/mol. The lowest BCUT2D eigenvalue weighted by atomic mass is 9.74. The Labute approximate surface area is 162 Å². The fourth-order valence-electron chi connectivity index (χ4n) is 3.77. The number of hydrogen-bond donors (Lipinski definition) is 2. The van der Waals surface area contributed by atoms with Crippen molar-refractivity contribution < 1.29 is 4.79 Å². The van der Waals surface area contributed by atoms with E-state index in [1.807, 2.05) is 68.6 Å². The van der Waals surface area contributed by atoms with Gasteiger partial charge in [0.2, 0.25) is 0 Å². The molecular weight excluding hydrogens is 332 g/mol. The molecule has 0 bridgehead atoms. The monoisotopic (exact) mass is 360 g/mol. The van der Waals surface area contributed by atoms with E-state index in [0.717, 1.165) is 16.8 Å². The van der Waals surface area contributed by atoms with Crippen LogP contribution in [0.1, 0.15) is 25.0 Å².